The third kappa shape index (κ3) is 4.66. The van der Waals surface area contributed by atoms with Gasteiger partial charge in [-0.15, -0.1) is 0 Å². The highest BCUT2D eigenvalue weighted by Gasteiger charge is 2.45. The zero-order valence-corrected chi connectivity index (χ0v) is 21.1. The Morgan fingerprint density at radius 3 is 2.11 bits per heavy atom. The highest BCUT2D eigenvalue weighted by atomic mass is 32.2. The van der Waals surface area contributed by atoms with Crippen LogP contribution in [0.15, 0.2) is 71.6 Å². The molecular weight excluding hydrogens is 462 g/mol. The number of carbonyl (C=O) groups is 2. The van der Waals surface area contributed by atoms with E-state index in [2.05, 4.69) is 5.32 Å². The fourth-order valence-electron chi connectivity index (χ4n) is 4.73. The molecule has 3 aromatic rings. The molecule has 0 saturated carbocycles. The number of nitrogens with zero attached hydrogens (tertiary/aromatic N) is 2. The van der Waals surface area contributed by atoms with Crippen LogP contribution in [0.1, 0.15) is 28.7 Å². The predicted octanol–water partition coefficient (Wildman–Crippen LogP) is 3.86. The fraction of sp³-hybridized carbons (Fsp3) is 0.259. The molecule has 8 heteroatoms. The summed E-state index contributed by atoms with van der Waals surface area (Å²) in [6.07, 6.45) is -0.298. The summed E-state index contributed by atoms with van der Waals surface area (Å²) in [6.45, 7) is 5.69. The van der Waals surface area contributed by atoms with Crippen molar-refractivity contribution in [3.63, 3.8) is 0 Å². The number of anilines is 2. The summed E-state index contributed by atoms with van der Waals surface area (Å²) in [6, 6.07) is 18.7. The molecule has 7 nitrogen and oxygen atoms in total. The number of benzene rings is 3. The molecule has 0 radical (unpaired) electrons. The smallest absolute Gasteiger partial charge is 0.265 e. The molecule has 3 aromatic carbocycles. The fourth-order valence-corrected chi connectivity index (χ4v) is 6.77. The molecule has 1 aliphatic rings. The number of fused-ring (bicyclic) bond motifs is 1. The van der Waals surface area contributed by atoms with Gasteiger partial charge in [-0.2, -0.15) is 0 Å². The normalized spacial score (nSPS) is 15.7. The highest BCUT2D eigenvalue weighted by molar-refractivity contribution is 7.93. The van der Waals surface area contributed by atoms with Crippen molar-refractivity contribution < 1.29 is 18.0 Å². The Balaban J connectivity index is 1.76. The molecule has 0 unspecified atom stereocenters. The van der Waals surface area contributed by atoms with Gasteiger partial charge in [-0.25, -0.2) is 8.42 Å². The summed E-state index contributed by atoms with van der Waals surface area (Å²) >= 11 is 0. The van der Waals surface area contributed by atoms with E-state index < -0.39 is 27.9 Å². The van der Waals surface area contributed by atoms with E-state index in [0.29, 0.717) is 22.5 Å². The van der Waals surface area contributed by atoms with Crippen molar-refractivity contribution in [1.82, 2.24) is 5.32 Å². The Hall–Kier alpha value is -3.65. The van der Waals surface area contributed by atoms with Crippen LogP contribution in [0, 0.1) is 20.8 Å². The number of para-hydroxylation sites is 2. The summed E-state index contributed by atoms with van der Waals surface area (Å²) in [4.78, 5) is 28.0. The van der Waals surface area contributed by atoms with E-state index in [9.17, 15) is 18.0 Å². The topological polar surface area (TPSA) is 86.8 Å². The number of hydrogen-bond acceptors (Lipinski definition) is 4. The first kappa shape index (κ1) is 24.5. The molecule has 0 aromatic heterocycles. The van der Waals surface area contributed by atoms with Crippen molar-refractivity contribution in [3.05, 3.63) is 89.0 Å². The second-order valence-corrected chi connectivity index (χ2v) is 10.6. The lowest BCUT2D eigenvalue weighted by molar-refractivity contribution is -0.126. The molecular formula is C27H29N3O4S. The minimum absolute atomic E-state index is 0.157. The Bertz CT molecular complexity index is 1360. The number of hydrogen-bond donors (Lipinski definition) is 1. The van der Waals surface area contributed by atoms with E-state index in [1.165, 1.54) is 4.90 Å². The van der Waals surface area contributed by atoms with Gasteiger partial charge in [0, 0.05) is 13.6 Å². The number of aryl methyl sites for hydroxylation is 3. The van der Waals surface area contributed by atoms with Crippen LogP contribution in [-0.2, 0) is 26.2 Å². The van der Waals surface area contributed by atoms with Crippen molar-refractivity contribution in [1.29, 1.82) is 0 Å². The zero-order valence-electron chi connectivity index (χ0n) is 20.3. The van der Waals surface area contributed by atoms with Gasteiger partial charge in [0.05, 0.1) is 22.7 Å². The van der Waals surface area contributed by atoms with E-state index in [1.54, 1.807) is 45.2 Å². The van der Waals surface area contributed by atoms with E-state index in [1.807, 2.05) is 49.4 Å². The van der Waals surface area contributed by atoms with Crippen molar-refractivity contribution in [3.8, 4) is 0 Å². The van der Waals surface area contributed by atoms with Crippen LogP contribution in [0.3, 0.4) is 0 Å². The van der Waals surface area contributed by atoms with Crippen LogP contribution in [0.25, 0.3) is 0 Å². The average Bonchev–Trinajstić information content (AvgIpc) is 2.80. The highest BCUT2D eigenvalue weighted by Crippen LogP contribution is 2.40. The van der Waals surface area contributed by atoms with E-state index >= 15 is 0 Å². The molecule has 0 bridgehead atoms. The second-order valence-electron chi connectivity index (χ2n) is 8.90. The number of amides is 2. The number of sulfonamides is 1. The number of likely N-dealkylation sites (N-methyl/N-ethyl adjacent to an activating group) is 1. The van der Waals surface area contributed by atoms with Gasteiger partial charge in [-0.1, -0.05) is 60.2 Å². The third-order valence-electron chi connectivity index (χ3n) is 6.21. The van der Waals surface area contributed by atoms with Gasteiger partial charge in [0.1, 0.15) is 6.04 Å². The predicted molar refractivity (Wildman–Crippen MR) is 137 cm³/mol. The summed E-state index contributed by atoms with van der Waals surface area (Å²) in [5.74, 6) is -0.859. The van der Waals surface area contributed by atoms with Gasteiger partial charge in [0.25, 0.3) is 15.9 Å². The maximum Gasteiger partial charge on any atom is 0.265 e. The molecule has 35 heavy (non-hydrogen) atoms. The summed E-state index contributed by atoms with van der Waals surface area (Å²) in [5.41, 5.74) is 3.90. The van der Waals surface area contributed by atoms with Crippen LogP contribution in [0.2, 0.25) is 0 Å². The number of rotatable bonds is 6. The van der Waals surface area contributed by atoms with Crippen LogP contribution < -0.4 is 14.5 Å². The maximum absolute atomic E-state index is 14.1. The summed E-state index contributed by atoms with van der Waals surface area (Å²) in [5, 5.41) is 2.82. The van der Waals surface area contributed by atoms with Gasteiger partial charge in [0.2, 0.25) is 5.91 Å². The Kier molecular flexibility index (Phi) is 6.67. The average molecular weight is 492 g/mol. The summed E-state index contributed by atoms with van der Waals surface area (Å²) in [7, 11) is -2.57. The monoisotopic (exact) mass is 491 g/mol. The lowest BCUT2D eigenvalue weighted by Gasteiger charge is -2.40. The molecule has 1 N–H and O–H groups in total. The minimum Gasteiger partial charge on any atom is -0.352 e. The lowest BCUT2D eigenvalue weighted by atomic mass is 10.1. The molecule has 182 valence electrons. The second kappa shape index (κ2) is 9.54. The summed E-state index contributed by atoms with van der Waals surface area (Å²) < 4.78 is 29.4. The van der Waals surface area contributed by atoms with Crippen molar-refractivity contribution >= 4 is 33.2 Å². The van der Waals surface area contributed by atoms with Crippen molar-refractivity contribution in [2.45, 2.75) is 44.7 Å². The van der Waals surface area contributed by atoms with E-state index in [-0.39, 0.29) is 17.9 Å². The van der Waals surface area contributed by atoms with Crippen molar-refractivity contribution in [2.75, 3.05) is 16.3 Å². The first-order chi connectivity index (χ1) is 16.6. The molecule has 1 aliphatic heterocycles. The zero-order chi connectivity index (χ0) is 25.3. The van der Waals surface area contributed by atoms with Crippen LogP contribution >= 0.6 is 0 Å². The van der Waals surface area contributed by atoms with Gasteiger partial charge < -0.3 is 10.2 Å². The van der Waals surface area contributed by atoms with Crippen LogP contribution in [0.5, 0.6) is 0 Å². The van der Waals surface area contributed by atoms with Gasteiger partial charge in [0.15, 0.2) is 0 Å². The Labute approximate surface area is 206 Å². The van der Waals surface area contributed by atoms with Gasteiger partial charge >= 0.3 is 0 Å². The van der Waals surface area contributed by atoms with E-state index in [0.717, 1.165) is 15.4 Å². The van der Waals surface area contributed by atoms with Crippen LogP contribution in [0.4, 0.5) is 11.4 Å². The first-order valence-corrected chi connectivity index (χ1v) is 12.8. The molecule has 1 heterocycles. The largest absolute Gasteiger partial charge is 0.352 e. The van der Waals surface area contributed by atoms with E-state index in [4.69, 9.17) is 0 Å². The molecule has 2 amide bonds. The van der Waals surface area contributed by atoms with Gasteiger partial charge in [-0.3, -0.25) is 13.9 Å². The third-order valence-corrected chi connectivity index (χ3v) is 8.34. The molecule has 0 fully saturated rings. The molecule has 1 atom stereocenters. The number of carbonyl (C=O) groups excluding carboxylic acids is 2. The first-order valence-electron chi connectivity index (χ1n) is 11.4. The molecule has 0 spiro atoms. The van der Waals surface area contributed by atoms with Crippen LogP contribution in [-0.4, -0.2) is 33.3 Å². The number of nitrogens with one attached hydrogen (secondary N) is 1. The quantitative estimate of drug-likeness (QED) is 0.567. The Morgan fingerprint density at radius 1 is 0.914 bits per heavy atom. The van der Waals surface area contributed by atoms with Crippen molar-refractivity contribution in [2.24, 2.45) is 0 Å². The Morgan fingerprint density at radius 2 is 1.49 bits per heavy atom. The standard InChI is InChI=1S/C27H29N3O4S/c1-18-14-19(2)26(20(3)15-18)35(33,34)30-23-13-9-8-12-22(23)29(4)27(32)24(30)16-25(31)28-17-21-10-6-5-7-11-21/h5-15,24H,16-17H2,1-4H3,(H,28,31)/t24-/m1/s1. The van der Waals surface area contributed by atoms with Gasteiger partial charge in [-0.05, 0) is 49.6 Å². The lowest BCUT2D eigenvalue weighted by Crippen LogP contribution is -2.56. The molecule has 4 rings (SSSR count). The SMILES string of the molecule is Cc1cc(C)c(S(=O)(=O)N2c3ccccc3N(C)C(=O)[C@H]2CC(=O)NCc2ccccc2)c(C)c1. The maximum atomic E-state index is 14.1. The minimum atomic E-state index is -4.17. The molecule has 0 aliphatic carbocycles. The molecule has 0 saturated heterocycles.